The van der Waals surface area contributed by atoms with Crippen LogP contribution in [0.15, 0.2) is 41.3 Å². The number of methoxy groups -OCH3 is 2. The lowest BCUT2D eigenvalue weighted by Crippen LogP contribution is -2.32. The van der Waals surface area contributed by atoms with Crippen molar-refractivity contribution in [2.45, 2.75) is 49.6 Å². The molecule has 1 saturated carbocycles. The molecule has 2 aromatic carbocycles. The Morgan fingerprint density at radius 1 is 1.06 bits per heavy atom. The number of ether oxygens (including phenoxy) is 2. The first-order valence-corrected chi connectivity index (χ1v) is 12.0. The van der Waals surface area contributed by atoms with Crippen molar-refractivity contribution >= 4 is 15.9 Å². The topological polar surface area (TPSA) is 84.9 Å². The van der Waals surface area contributed by atoms with E-state index in [9.17, 15) is 13.2 Å². The predicted octanol–water partition coefficient (Wildman–Crippen LogP) is 3.43. The second-order valence-corrected chi connectivity index (χ2v) is 9.85. The van der Waals surface area contributed by atoms with Gasteiger partial charge in [-0.15, -0.1) is 0 Å². The van der Waals surface area contributed by atoms with Gasteiger partial charge in [0.1, 0.15) is 11.5 Å². The van der Waals surface area contributed by atoms with Crippen LogP contribution in [0, 0.1) is 6.92 Å². The second-order valence-electron chi connectivity index (χ2n) is 8.14. The van der Waals surface area contributed by atoms with Crippen molar-refractivity contribution in [1.29, 1.82) is 0 Å². The Balaban J connectivity index is 1.67. The van der Waals surface area contributed by atoms with E-state index in [2.05, 4.69) is 4.72 Å². The molecule has 1 aliphatic carbocycles. The van der Waals surface area contributed by atoms with E-state index in [1.165, 1.54) is 6.07 Å². The summed E-state index contributed by atoms with van der Waals surface area (Å²) >= 11 is 0. The van der Waals surface area contributed by atoms with Crippen molar-refractivity contribution in [3.8, 4) is 11.5 Å². The molecule has 1 amide bonds. The molecule has 31 heavy (non-hydrogen) atoms. The average molecular weight is 445 g/mol. The summed E-state index contributed by atoms with van der Waals surface area (Å²) in [6, 6.07) is 10.2. The van der Waals surface area contributed by atoms with Gasteiger partial charge in [0.05, 0.1) is 25.2 Å². The molecule has 166 valence electrons. The molecule has 2 aromatic rings. The zero-order chi connectivity index (χ0) is 22.2. The Bertz CT molecular complexity index is 1100. The molecule has 2 aliphatic rings. The number of rotatable bonds is 7. The number of nitrogens with zero attached hydrogens (tertiary/aromatic N) is 1. The van der Waals surface area contributed by atoms with E-state index >= 15 is 0 Å². The number of carbonyl (C=O) groups is 1. The van der Waals surface area contributed by atoms with Crippen molar-refractivity contribution in [3.63, 3.8) is 0 Å². The number of benzene rings is 2. The van der Waals surface area contributed by atoms with Gasteiger partial charge in [0.15, 0.2) is 0 Å². The molecule has 1 saturated heterocycles. The number of aryl methyl sites for hydroxylation is 1. The Morgan fingerprint density at radius 2 is 1.84 bits per heavy atom. The highest BCUT2D eigenvalue weighted by atomic mass is 32.2. The minimum absolute atomic E-state index is 0.00828. The standard InChI is InChI=1S/C23H28N2O5S/c1-15-6-10-18(31(27,28)24-16-7-8-16)14-19(15)23(26)25-12-4-5-21(25)20-13-17(29-2)9-11-22(20)30-3/h6,9-11,13-14,16,21,24H,4-5,7-8,12H2,1-3H3. The molecule has 8 heteroatoms. The molecule has 1 atom stereocenters. The van der Waals surface area contributed by atoms with Gasteiger partial charge in [0, 0.05) is 23.7 Å². The number of hydrogen-bond acceptors (Lipinski definition) is 5. The largest absolute Gasteiger partial charge is 0.497 e. The minimum atomic E-state index is -3.64. The number of nitrogens with one attached hydrogen (secondary N) is 1. The summed E-state index contributed by atoms with van der Waals surface area (Å²) in [7, 11) is -0.422. The molecule has 1 heterocycles. The van der Waals surface area contributed by atoms with E-state index in [4.69, 9.17) is 9.47 Å². The van der Waals surface area contributed by atoms with Crippen molar-refractivity contribution in [3.05, 3.63) is 53.1 Å². The summed E-state index contributed by atoms with van der Waals surface area (Å²) in [5.41, 5.74) is 2.05. The Kier molecular flexibility index (Phi) is 5.94. The van der Waals surface area contributed by atoms with Crippen LogP contribution in [-0.2, 0) is 10.0 Å². The molecular formula is C23H28N2O5S. The minimum Gasteiger partial charge on any atom is -0.497 e. The third-order valence-corrected chi connectivity index (χ3v) is 7.48. The number of likely N-dealkylation sites (tertiary alicyclic amines) is 1. The molecule has 2 fully saturated rings. The van der Waals surface area contributed by atoms with E-state index in [1.54, 1.807) is 26.4 Å². The Labute approximate surface area is 183 Å². The molecule has 1 unspecified atom stereocenters. The molecular weight excluding hydrogens is 416 g/mol. The van der Waals surface area contributed by atoms with Crippen LogP contribution in [0.1, 0.15) is 53.2 Å². The van der Waals surface area contributed by atoms with Gasteiger partial charge in [-0.1, -0.05) is 6.07 Å². The average Bonchev–Trinajstić information content (AvgIpc) is 3.43. The summed E-state index contributed by atoms with van der Waals surface area (Å²) in [5.74, 6) is 1.23. The fourth-order valence-electron chi connectivity index (χ4n) is 4.07. The van der Waals surface area contributed by atoms with Gasteiger partial charge in [0.25, 0.3) is 5.91 Å². The SMILES string of the molecule is COc1ccc(OC)c(C2CCCN2C(=O)c2cc(S(=O)(=O)NC3CC3)ccc2C)c1. The monoisotopic (exact) mass is 444 g/mol. The maximum absolute atomic E-state index is 13.6. The van der Waals surface area contributed by atoms with Gasteiger partial charge < -0.3 is 14.4 Å². The van der Waals surface area contributed by atoms with E-state index in [1.807, 2.05) is 30.0 Å². The zero-order valence-corrected chi connectivity index (χ0v) is 18.9. The van der Waals surface area contributed by atoms with Crippen LogP contribution >= 0.6 is 0 Å². The fraction of sp³-hybridized carbons (Fsp3) is 0.435. The normalized spacial score (nSPS) is 18.8. The third kappa shape index (κ3) is 4.41. The van der Waals surface area contributed by atoms with Crippen LogP contribution in [0.5, 0.6) is 11.5 Å². The molecule has 0 spiro atoms. The molecule has 7 nitrogen and oxygen atoms in total. The number of amides is 1. The maximum atomic E-state index is 13.6. The predicted molar refractivity (Wildman–Crippen MR) is 117 cm³/mol. The maximum Gasteiger partial charge on any atom is 0.254 e. The molecule has 0 radical (unpaired) electrons. The van der Waals surface area contributed by atoms with Crippen LogP contribution in [0.25, 0.3) is 0 Å². The van der Waals surface area contributed by atoms with E-state index in [0.717, 1.165) is 36.8 Å². The zero-order valence-electron chi connectivity index (χ0n) is 18.1. The van der Waals surface area contributed by atoms with Crippen molar-refractivity contribution in [2.24, 2.45) is 0 Å². The van der Waals surface area contributed by atoms with Gasteiger partial charge in [-0.3, -0.25) is 4.79 Å². The lowest BCUT2D eigenvalue weighted by molar-refractivity contribution is 0.0733. The Morgan fingerprint density at radius 3 is 2.52 bits per heavy atom. The number of carbonyl (C=O) groups excluding carboxylic acids is 1. The molecule has 1 N–H and O–H groups in total. The van der Waals surface area contributed by atoms with Crippen molar-refractivity contribution in [2.75, 3.05) is 20.8 Å². The lowest BCUT2D eigenvalue weighted by Gasteiger charge is -2.27. The van der Waals surface area contributed by atoms with E-state index in [-0.39, 0.29) is 22.9 Å². The first-order chi connectivity index (χ1) is 14.8. The van der Waals surface area contributed by atoms with Crippen LogP contribution in [0.2, 0.25) is 0 Å². The summed E-state index contributed by atoms with van der Waals surface area (Å²) < 4.78 is 38.9. The molecule has 0 bridgehead atoms. The van der Waals surface area contributed by atoms with Gasteiger partial charge in [-0.05, 0) is 68.5 Å². The third-order valence-electron chi connectivity index (χ3n) is 5.96. The van der Waals surface area contributed by atoms with E-state index < -0.39 is 10.0 Å². The van der Waals surface area contributed by atoms with Crippen molar-refractivity contribution in [1.82, 2.24) is 9.62 Å². The van der Waals surface area contributed by atoms with Crippen LogP contribution < -0.4 is 14.2 Å². The highest BCUT2D eigenvalue weighted by Crippen LogP contribution is 2.40. The Hall–Kier alpha value is -2.58. The van der Waals surface area contributed by atoms with Crippen LogP contribution in [0.3, 0.4) is 0 Å². The lowest BCUT2D eigenvalue weighted by atomic mass is 10.0. The van der Waals surface area contributed by atoms with Crippen LogP contribution in [-0.4, -0.2) is 46.0 Å². The highest BCUT2D eigenvalue weighted by Gasteiger charge is 2.34. The summed E-state index contributed by atoms with van der Waals surface area (Å²) in [4.78, 5) is 15.5. The molecule has 4 rings (SSSR count). The van der Waals surface area contributed by atoms with Gasteiger partial charge in [-0.25, -0.2) is 13.1 Å². The van der Waals surface area contributed by atoms with Gasteiger partial charge in [-0.2, -0.15) is 0 Å². The quantitative estimate of drug-likeness (QED) is 0.707. The van der Waals surface area contributed by atoms with E-state index in [0.29, 0.717) is 23.6 Å². The summed E-state index contributed by atoms with van der Waals surface area (Å²) in [6.07, 6.45) is 3.37. The fourth-order valence-corrected chi connectivity index (χ4v) is 5.41. The van der Waals surface area contributed by atoms with Crippen molar-refractivity contribution < 1.29 is 22.7 Å². The van der Waals surface area contributed by atoms with Gasteiger partial charge in [0.2, 0.25) is 10.0 Å². The first kappa shape index (κ1) is 21.6. The smallest absolute Gasteiger partial charge is 0.254 e. The molecule has 0 aromatic heterocycles. The van der Waals surface area contributed by atoms with Gasteiger partial charge >= 0.3 is 0 Å². The number of sulfonamides is 1. The highest BCUT2D eigenvalue weighted by molar-refractivity contribution is 7.89. The second kappa shape index (κ2) is 8.51. The van der Waals surface area contributed by atoms with Crippen LogP contribution in [0.4, 0.5) is 0 Å². The molecule has 1 aliphatic heterocycles. The number of hydrogen-bond donors (Lipinski definition) is 1. The first-order valence-electron chi connectivity index (χ1n) is 10.5. The summed E-state index contributed by atoms with van der Waals surface area (Å²) in [5, 5.41) is 0. The summed E-state index contributed by atoms with van der Waals surface area (Å²) in [6.45, 7) is 2.43.